The number of carbonyl (C=O) groups excluding carboxylic acids is 2. The van der Waals surface area contributed by atoms with Crippen molar-refractivity contribution in [3.8, 4) is 0 Å². The molecule has 1 atom stereocenters. The molecule has 1 heterocycles. The molecule has 66 valence electrons. The van der Waals surface area contributed by atoms with Crippen molar-refractivity contribution in [2.75, 3.05) is 6.54 Å². The van der Waals surface area contributed by atoms with Gasteiger partial charge >= 0.3 is 6.03 Å². The average Bonchev–Trinajstić information content (AvgIpc) is 2.25. The van der Waals surface area contributed by atoms with E-state index < -0.39 is 0 Å². The minimum Gasteiger partial charge on any atom is -0.326 e. The Morgan fingerprint density at radius 3 is 2.67 bits per heavy atom. The SMILES string of the molecule is C/C=C/CN1C(=O)NC(C)C1=O. The monoisotopic (exact) mass is 168 g/mol. The molecule has 4 nitrogen and oxygen atoms in total. The van der Waals surface area contributed by atoms with Crippen molar-refractivity contribution in [1.82, 2.24) is 10.2 Å². The number of allylic oxidation sites excluding steroid dienone is 1. The number of hydrogen-bond donors (Lipinski definition) is 1. The molecule has 0 bridgehead atoms. The maximum atomic E-state index is 11.2. The molecule has 1 unspecified atom stereocenters. The van der Waals surface area contributed by atoms with Crippen molar-refractivity contribution in [2.45, 2.75) is 19.9 Å². The van der Waals surface area contributed by atoms with Crippen molar-refractivity contribution in [2.24, 2.45) is 0 Å². The Bertz CT molecular complexity index is 235. The van der Waals surface area contributed by atoms with Crippen LogP contribution in [0.4, 0.5) is 4.79 Å². The Morgan fingerprint density at radius 1 is 1.58 bits per heavy atom. The van der Waals surface area contributed by atoms with Crippen molar-refractivity contribution < 1.29 is 9.59 Å². The molecule has 0 aromatic rings. The molecule has 4 heteroatoms. The number of nitrogens with zero attached hydrogens (tertiary/aromatic N) is 1. The molecule has 12 heavy (non-hydrogen) atoms. The van der Waals surface area contributed by atoms with Crippen molar-refractivity contribution in [3.05, 3.63) is 12.2 Å². The van der Waals surface area contributed by atoms with Gasteiger partial charge in [0, 0.05) is 6.54 Å². The molecule has 0 saturated carbocycles. The highest BCUT2D eigenvalue weighted by atomic mass is 16.2. The van der Waals surface area contributed by atoms with Crippen LogP contribution in [0, 0.1) is 0 Å². The summed E-state index contributed by atoms with van der Waals surface area (Å²) in [5.41, 5.74) is 0. The third-order valence-corrected chi connectivity index (χ3v) is 1.75. The second kappa shape index (κ2) is 3.38. The molecule has 1 fully saturated rings. The maximum absolute atomic E-state index is 11.2. The summed E-state index contributed by atoms with van der Waals surface area (Å²) >= 11 is 0. The molecule has 0 spiro atoms. The van der Waals surface area contributed by atoms with Gasteiger partial charge in [0.15, 0.2) is 0 Å². The smallest absolute Gasteiger partial charge is 0.325 e. The zero-order valence-corrected chi connectivity index (χ0v) is 7.20. The van der Waals surface area contributed by atoms with E-state index in [4.69, 9.17) is 0 Å². The van der Waals surface area contributed by atoms with Crippen LogP contribution in [0.5, 0.6) is 0 Å². The van der Waals surface area contributed by atoms with Gasteiger partial charge in [-0.25, -0.2) is 4.79 Å². The number of urea groups is 1. The summed E-state index contributed by atoms with van der Waals surface area (Å²) in [6.07, 6.45) is 3.58. The van der Waals surface area contributed by atoms with Gasteiger partial charge in [-0.3, -0.25) is 9.69 Å². The van der Waals surface area contributed by atoms with Crippen LogP contribution in [0.15, 0.2) is 12.2 Å². The third kappa shape index (κ3) is 1.47. The van der Waals surface area contributed by atoms with Crippen LogP contribution in [0.25, 0.3) is 0 Å². The second-order valence-electron chi connectivity index (χ2n) is 2.69. The first-order chi connectivity index (χ1) is 5.66. The predicted octanol–water partition coefficient (Wildman–Crippen LogP) is 0.503. The number of nitrogens with one attached hydrogen (secondary N) is 1. The molecule has 0 aliphatic carbocycles. The van der Waals surface area contributed by atoms with Crippen molar-refractivity contribution >= 4 is 11.9 Å². The Labute approximate surface area is 71.2 Å². The van der Waals surface area contributed by atoms with E-state index in [2.05, 4.69) is 5.32 Å². The topological polar surface area (TPSA) is 49.4 Å². The highest BCUT2D eigenvalue weighted by molar-refractivity contribution is 6.04. The van der Waals surface area contributed by atoms with Crippen LogP contribution in [0.2, 0.25) is 0 Å². The Morgan fingerprint density at radius 2 is 2.25 bits per heavy atom. The number of imide groups is 1. The standard InChI is InChI=1S/C8H12N2O2/c1-3-4-5-10-7(11)6(2)9-8(10)12/h3-4,6H,5H2,1-2H3,(H,9,12)/b4-3+. The second-order valence-corrected chi connectivity index (χ2v) is 2.69. The van der Waals surface area contributed by atoms with Gasteiger partial charge in [-0.2, -0.15) is 0 Å². The van der Waals surface area contributed by atoms with Gasteiger partial charge in [-0.1, -0.05) is 12.2 Å². The minimum absolute atomic E-state index is 0.155. The molecule has 1 aliphatic rings. The summed E-state index contributed by atoms with van der Waals surface area (Å²) in [5.74, 6) is -0.155. The molecule has 3 amide bonds. The lowest BCUT2D eigenvalue weighted by Gasteiger charge is -2.08. The molecular formula is C8H12N2O2. The van der Waals surface area contributed by atoms with Crippen molar-refractivity contribution in [3.63, 3.8) is 0 Å². The lowest BCUT2D eigenvalue weighted by molar-refractivity contribution is -0.126. The Kier molecular flexibility index (Phi) is 2.47. The van der Waals surface area contributed by atoms with Crippen LogP contribution in [-0.4, -0.2) is 29.4 Å². The van der Waals surface area contributed by atoms with Gasteiger partial charge < -0.3 is 5.32 Å². The van der Waals surface area contributed by atoms with E-state index in [1.54, 1.807) is 13.0 Å². The first kappa shape index (κ1) is 8.77. The lowest BCUT2D eigenvalue weighted by atomic mass is 10.3. The van der Waals surface area contributed by atoms with E-state index in [1.807, 2.05) is 13.0 Å². The quantitative estimate of drug-likeness (QED) is 0.482. The first-order valence-electron chi connectivity index (χ1n) is 3.90. The maximum Gasteiger partial charge on any atom is 0.325 e. The van der Waals surface area contributed by atoms with E-state index in [9.17, 15) is 9.59 Å². The number of hydrogen-bond acceptors (Lipinski definition) is 2. The van der Waals surface area contributed by atoms with Crippen LogP contribution in [-0.2, 0) is 4.79 Å². The number of carbonyl (C=O) groups is 2. The third-order valence-electron chi connectivity index (χ3n) is 1.75. The van der Waals surface area contributed by atoms with E-state index in [0.29, 0.717) is 6.54 Å². The lowest BCUT2D eigenvalue weighted by Crippen LogP contribution is -2.31. The first-order valence-corrected chi connectivity index (χ1v) is 3.90. The summed E-state index contributed by atoms with van der Waals surface area (Å²) in [4.78, 5) is 23.5. The summed E-state index contributed by atoms with van der Waals surface area (Å²) < 4.78 is 0. The van der Waals surface area contributed by atoms with Crippen LogP contribution in [0.1, 0.15) is 13.8 Å². The fourth-order valence-electron chi connectivity index (χ4n) is 1.04. The Hall–Kier alpha value is -1.32. The summed E-state index contributed by atoms with van der Waals surface area (Å²) in [5, 5.41) is 2.53. The highest BCUT2D eigenvalue weighted by Gasteiger charge is 2.33. The van der Waals surface area contributed by atoms with Crippen LogP contribution in [0.3, 0.4) is 0 Å². The average molecular weight is 168 g/mol. The fraction of sp³-hybridized carbons (Fsp3) is 0.500. The van der Waals surface area contributed by atoms with E-state index in [-0.39, 0.29) is 18.0 Å². The van der Waals surface area contributed by atoms with Gasteiger partial charge in [0.1, 0.15) is 6.04 Å². The van der Waals surface area contributed by atoms with Crippen LogP contribution >= 0.6 is 0 Å². The zero-order chi connectivity index (χ0) is 9.14. The molecule has 1 rings (SSSR count). The van der Waals surface area contributed by atoms with Crippen LogP contribution < -0.4 is 5.32 Å². The Balaban J connectivity index is 2.64. The summed E-state index contributed by atoms with van der Waals surface area (Å²) in [7, 11) is 0. The van der Waals surface area contributed by atoms with Gasteiger partial charge in [-0.05, 0) is 13.8 Å². The fourth-order valence-corrected chi connectivity index (χ4v) is 1.04. The molecule has 0 aromatic heterocycles. The minimum atomic E-state index is -0.372. The number of rotatable bonds is 2. The molecule has 0 aromatic carbocycles. The van der Waals surface area contributed by atoms with Gasteiger partial charge in [-0.15, -0.1) is 0 Å². The van der Waals surface area contributed by atoms with E-state index in [0.717, 1.165) is 0 Å². The predicted molar refractivity (Wildman–Crippen MR) is 44.5 cm³/mol. The van der Waals surface area contributed by atoms with Gasteiger partial charge in [0.2, 0.25) is 0 Å². The van der Waals surface area contributed by atoms with Gasteiger partial charge in [0.25, 0.3) is 5.91 Å². The van der Waals surface area contributed by atoms with Gasteiger partial charge in [0.05, 0.1) is 0 Å². The molecule has 1 aliphatic heterocycles. The summed E-state index contributed by atoms with van der Waals surface area (Å²) in [6, 6.07) is -0.673. The zero-order valence-electron chi connectivity index (χ0n) is 7.20. The molecular weight excluding hydrogens is 156 g/mol. The van der Waals surface area contributed by atoms with E-state index >= 15 is 0 Å². The molecule has 1 saturated heterocycles. The summed E-state index contributed by atoms with van der Waals surface area (Å²) in [6.45, 7) is 3.89. The highest BCUT2D eigenvalue weighted by Crippen LogP contribution is 2.04. The van der Waals surface area contributed by atoms with E-state index in [1.165, 1.54) is 4.90 Å². The molecule has 0 radical (unpaired) electrons. The number of amides is 3. The normalized spacial score (nSPS) is 23.8. The largest absolute Gasteiger partial charge is 0.326 e. The molecule has 1 N–H and O–H groups in total. The van der Waals surface area contributed by atoms with Crippen molar-refractivity contribution in [1.29, 1.82) is 0 Å².